The van der Waals surface area contributed by atoms with Crippen molar-refractivity contribution in [3.05, 3.63) is 47.3 Å². The smallest absolute Gasteiger partial charge is 0.412 e. The van der Waals surface area contributed by atoms with E-state index in [-0.39, 0.29) is 0 Å². The molecule has 0 saturated heterocycles. The van der Waals surface area contributed by atoms with E-state index in [1.807, 2.05) is 65.0 Å². The van der Waals surface area contributed by atoms with E-state index < -0.39 is 11.7 Å². The van der Waals surface area contributed by atoms with Gasteiger partial charge in [-0.1, -0.05) is 24.2 Å². The van der Waals surface area contributed by atoms with Crippen LogP contribution in [0.3, 0.4) is 0 Å². The maximum atomic E-state index is 11.8. The van der Waals surface area contributed by atoms with Gasteiger partial charge in [0, 0.05) is 24.8 Å². The van der Waals surface area contributed by atoms with Crippen molar-refractivity contribution in [1.82, 2.24) is 15.8 Å². The van der Waals surface area contributed by atoms with Crippen LogP contribution in [0.25, 0.3) is 0 Å². The second-order valence-corrected chi connectivity index (χ2v) is 7.83. The van der Waals surface area contributed by atoms with Crippen molar-refractivity contribution in [2.75, 3.05) is 18.4 Å². The van der Waals surface area contributed by atoms with Gasteiger partial charge in [0.15, 0.2) is 11.7 Å². The van der Waals surface area contributed by atoms with Gasteiger partial charge in [-0.2, -0.15) is 0 Å². The molecule has 0 bridgehead atoms. The molecule has 1 heterocycles. The van der Waals surface area contributed by atoms with E-state index in [1.165, 1.54) is 0 Å². The highest BCUT2D eigenvalue weighted by Crippen LogP contribution is 2.13. The van der Waals surface area contributed by atoms with Gasteiger partial charge in [0.05, 0.1) is 5.69 Å². The lowest BCUT2D eigenvalue weighted by Crippen LogP contribution is -2.38. The highest BCUT2D eigenvalue weighted by molar-refractivity contribution is 5.84. The fraction of sp³-hybridized carbons (Fsp3) is 0.500. The Labute approximate surface area is 178 Å². The molecule has 1 aromatic carbocycles. The third kappa shape index (κ3) is 8.55. The second kappa shape index (κ2) is 11.2. The van der Waals surface area contributed by atoms with E-state index in [2.05, 4.69) is 26.1 Å². The number of nitrogens with one attached hydrogen (secondary N) is 3. The molecule has 164 valence electrons. The first-order chi connectivity index (χ1) is 14.3. The molecule has 0 radical (unpaired) electrons. The largest absolute Gasteiger partial charge is 0.444 e. The summed E-state index contributed by atoms with van der Waals surface area (Å²) in [5.74, 6) is 1.48. The number of aryl methyl sites for hydroxylation is 1. The van der Waals surface area contributed by atoms with Crippen molar-refractivity contribution in [3.63, 3.8) is 0 Å². The zero-order valence-corrected chi connectivity index (χ0v) is 18.5. The number of carbonyl (C=O) groups excluding carboxylic acids is 1. The second-order valence-electron chi connectivity index (χ2n) is 7.83. The molecule has 30 heavy (non-hydrogen) atoms. The number of benzene rings is 1. The SMILES string of the molecule is CCNC(=NCc1cc(CC)no1)NCCc1ccc(NC(=O)OC(C)(C)C)cc1. The molecule has 0 saturated carbocycles. The summed E-state index contributed by atoms with van der Waals surface area (Å²) < 4.78 is 10.5. The van der Waals surface area contributed by atoms with Gasteiger partial charge in [-0.25, -0.2) is 9.79 Å². The normalized spacial score (nSPS) is 11.8. The first-order valence-electron chi connectivity index (χ1n) is 10.3. The minimum atomic E-state index is -0.521. The van der Waals surface area contributed by atoms with Gasteiger partial charge in [-0.15, -0.1) is 0 Å². The van der Waals surface area contributed by atoms with Crippen LogP contribution in [0.15, 0.2) is 39.8 Å². The summed E-state index contributed by atoms with van der Waals surface area (Å²) in [5, 5.41) is 13.3. The maximum absolute atomic E-state index is 11.8. The molecule has 0 unspecified atom stereocenters. The standard InChI is InChI=1S/C22H33N5O3/c1-6-17-14-19(30-27-17)15-25-20(23-7-2)24-13-12-16-8-10-18(11-9-16)26-21(28)29-22(3,4)5/h8-11,14H,6-7,12-13,15H2,1-5H3,(H,26,28)(H2,23,24,25). The van der Waals surface area contributed by atoms with E-state index >= 15 is 0 Å². The summed E-state index contributed by atoms with van der Waals surface area (Å²) in [6.45, 7) is 11.5. The Hall–Kier alpha value is -3.03. The molecule has 3 N–H and O–H groups in total. The lowest BCUT2D eigenvalue weighted by atomic mass is 10.1. The van der Waals surface area contributed by atoms with Crippen LogP contribution in [-0.2, 0) is 24.1 Å². The van der Waals surface area contributed by atoms with E-state index in [9.17, 15) is 4.79 Å². The fourth-order valence-electron chi connectivity index (χ4n) is 2.60. The topological polar surface area (TPSA) is 101 Å². The number of amides is 1. The van der Waals surface area contributed by atoms with Crippen molar-refractivity contribution < 1.29 is 14.1 Å². The van der Waals surface area contributed by atoms with Crippen LogP contribution in [0.4, 0.5) is 10.5 Å². The van der Waals surface area contributed by atoms with Gasteiger partial charge in [-0.3, -0.25) is 5.32 Å². The number of nitrogens with zero attached hydrogens (tertiary/aromatic N) is 2. The average molecular weight is 416 g/mol. The number of aromatic nitrogens is 1. The van der Waals surface area contributed by atoms with Crippen LogP contribution < -0.4 is 16.0 Å². The van der Waals surface area contributed by atoms with Gasteiger partial charge in [0.25, 0.3) is 0 Å². The highest BCUT2D eigenvalue weighted by Gasteiger charge is 2.16. The van der Waals surface area contributed by atoms with Crippen LogP contribution >= 0.6 is 0 Å². The Kier molecular flexibility index (Phi) is 8.70. The van der Waals surface area contributed by atoms with E-state index in [4.69, 9.17) is 9.26 Å². The van der Waals surface area contributed by atoms with Gasteiger partial charge >= 0.3 is 6.09 Å². The Morgan fingerprint density at radius 3 is 2.50 bits per heavy atom. The molecule has 0 atom stereocenters. The molecule has 0 spiro atoms. The van der Waals surface area contributed by atoms with Gasteiger partial charge in [0.2, 0.25) is 0 Å². The summed E-state index contributed by atoms with van der Waals surface area (Å²) in [6, 6.07) is 9.64. The van der Waals surface area contributed by atoms with Crippen LogP contribution in [0.1, 0.15) is 51.6 Å². The Bertz CT molecular complexity index is 822. The summed E-state index contributed by atoms with van der Waals surface area (Å²) in [4.78, 5) is 16.4. The first kappa shape index (κ1) is 23.3. The quantitative estimate of drug-likeness (QED) is 0.447. The fourth-order valence-corrected chi connectivity index (χ4v) is 2.60. The number of rotatable bonds is 8. The molecule has 0 aliphatic carbocycles. The molecule has 2 rings (SSSR count). The van der Waals surface area contributed by atoms with Crippen molar-refractivity contribution in [1.29, 1.82) is 0 Å². The van der Waals surface area contributed by atoms with Gasteiger partial charge < -0.3 is 19.9 Å². The van der Waals surface area contributed by atoms with Crippen LogP contribution in [0.2, 0.25) is 0 Å². The number of anilines is 1. The first-order valence-corrected chi connectivity index (χ1v) is 10.3. The Balaban J connectivity index is 1.81. The molecule has 1 aromatic heterocycles. The van der Waals surface area contributed by atoms with E-state index in [0.717, 1.165) is 48.9 Å². The minimum Gasteiger partial charge on any atom is -0.444 e. The molecular weight excluding hydrogens is 382 g/mol. The van der Waals surface area contributed by atoms with Crippen LogP contribution in [-0.4, -0.2) is 35.9 Å². The summed E-state index contributed by atoms with van der Waals surface area (Å²) in [6.07, 6.45) is 1.21. The zero-order valence-electron chi connectivity index (χ0n) is 18.5. The molecule has 0 aliphatic rings. The van der Waals surface area contributed by atoms with E-state index in [0.29, 0.717) is 12.2 Å². The van der Waals surface area contributed by atoms with Gasteiger partial charge in [0.1, 0.15) is 12.1 Å². The number of aliphatic imine (C=N–C) groups is 1. The van der Waals surface area contributed by atoms with E-state index in [1.54, 1.807) is 0 Å². The summed E-state index contributed by atoms with van der Waals surface area (Å²) in [7, 11) is 0. The molecule has 1 amide bonds. The number of carbonyl (C=O) groups is 1. The number of hydrogen-bond acceptors (Lipinski definition) is 5. The lowest BCUT2D eigenvalue weighted by molar-refractivity contribution is 0.0636. The number of hydrogen-bond donors (Lipinski definition) is 3. The van der Waals surface area contributed by atoms with Crippen LogP contribution in [0.5, 0.6) is 0 Å². The molecule has 0 aliphatic heterocycles. The summed E-state index contributed by atoms with van der Waals surface area (Å²) in [5.41, 5.74) is 2.26. The van der Waals surface area contributed by atoms with Crippen molar-refractivity contribution >= 4 is 17.7 Å². The van der Waals surface area contributed by atoms with Crippen LogP contribution in [0, 0.1) is 0 Å². The highest BCUT2D eigenvalue weighted by atomic mass is 16.6. The van der Waals surface area contributed by atoms with Crippen molar-refractivity contribution in [2.24, 2.45) is 4.99 Å². The molecular formula is C22H33N5O3. The number of guanidine groups is 1. The molecule has 0 fully saturated rings. The Morgan fingerprint density at radius 1 is 1.17 bits per heavy atom. The summed E-state index contributed by atoms with van der Waals surface area (Å²) >= 11 is 0. The third-order valence-corrected chi connectivity index (χ3v) is 4.01. The zero-order chi connectivity index (χ0) is 22.0. The lowest BCUT2D eigenvalue weighted by Gasteiger charge is -2.19. The molecule has 2 aromatic rings. The van der Waals surface area contributed by atoms with Gasteiger partial charge in [-0.05, 0) is 58.2 Å². The third-order valence-electron chi connectivity index (χ3n) is 4.01. The van der Waals surface area contributed by atoms with Crippen molar-refractivity contribution in [3.8, 4) is 0 Å². The maximum Gasteiger partial charge on any atom is 0.412 e. The number of ether oxygens (including phenoxy) is 1. The minimum absolute atomic E-state index is 0.438. The average Bonchev–Trinajstić information content (AvgIpc) is 3.14. The molecule has 8 heteroatoms. The van der Waals surface area contributed by atoms with Crippen molar-refractivity contribution in [2.45, 2.75) is 59.6 Å². The monoisotopic (exact) mass is 415 g/mol. The predicted octanol–water partition coefficient (Wildman–Crippen LogP) is 3.88. The molecule has 8 nitrogen and oxygen atoms in total. The Morgan fingerprint density at radius 2 is 1.90 bits per heavy atom. The predicted molar refractivity (Wildman–Crippen MR) is 119 cm³/mol.